The summed E-state index contributed by atoms with van der Waals surface area (Å²) in [6, 6.07) is 0. The molecule has 1 fully saturated rings. The molecule has 1 aromatic heterocycles. The maximum atomic E-state index is 12.1. The molecule has 16 heavy (non-hydrogen) atoms. The van der Waals surface area contributed by atoms with Gasteiger partial charge in [-0.2, -0.15) is 5.10 Å². The zero-order valence-electron chi connectivity index (χ0n) is 9.90. The molecule has 1 aromatic rings. The zero-order chi connectivity index (χ0) is 11.6. The second-order valence-corrected chi connectivity index (χ2v) is 4.36. The van der Waals surface area contributed by atoms with Gasteiger partial charge in [0.05, 0.1) is 6.20 Å². The van der Waals surface area contributed by atoms with Crippen LogP contribution in [0.1, 0.15) is 31.7 Å². The number of nitrogens with zero attached hydrogens (tertiary/aromatic N) is 2. The van der Waals surface area contributed by atoms with Crippen molar-refractivity contribution in [1.82, 2.24) is 9.78 Å². The molecule has 0 amide bonds. The van der Waals surface area contributed by atoms with Crippen LogP contribution in [0.2, 0.25) is 0 Å². The molecule has 1 heterocycles. The fourth-order valence-electron chi connectivity index (χ4n) is 2.11. The van der Waals surface area contributed by atoms with E-state index in [1.807, 2.05) is 17.8 Å². The van der Waals surface area contributed by atoms with Crippen LogP contribution in [0.3, 0.4) is 0 Å². The van der Waals surface area contributed by atoms with Crippen molar-refractivity contribution in [1.29, 1.82) is 0 Å². The molecule has 0 saturated heterocycles. The summed E-state index contributed by atoms with van der Waals surface area (Å²) >= 11 is 0. The SMILES string of the molecule is CCn1cc(CC(=O)C2(OC)CCC2)cn1. The first-order valence-corrected chi connectivity index (χ1v) is 5.80. The molecule has 0 N–H and O–H groups in total. The van der Waals surface area contributed by atoms with E-state index in [1.54, 1.807) is 13.3 Å². The highest BCUT2D eigenvalue weighted by Gasteiger charge is 2.43. The normalized spacial score (nSPS) is 18.1. The lowest BCUT2D eigenvalue weighted by molar-refractivity contribution is -0.151. The van der Waals surface area contributed by atoms with E-state index in [4.69, 9.17) is 4.74 Å². The van der Waals surface area contributed by atoms with Gasteiger partial charge in [0.15, 0.2) is 5.78 Å². The molecule has 0 unspecified atom stereocenters. The van der Waals surface area contributed by atoms with E-state index in [0.29, 0.717) is 6.42 Å². The minimum atomic E-state index is -0.492. The highest BCUT2D eigenvalue weighted by Crippen LogP contribution is 2.36. The Morgan fingerprint density at radius 1 is 1.62 bits per heavy atom. The Morgan fingerprint density at radius 2 is 2.38 bits per heavy atom. The monoisotopic (exact) mass is 222 g/mol. The molecule has 0 atom stereocenters. The topological polar surface area (TPSA) is 44.1 Å². The largest absolute Gasteiger partial charge is 0.370 e. The maximum Gasteiger partial charge on any atom is 0.169 e. The smallest absolute Gasteiger partial charge is 0.169 e. The molecule has 2 rings (SSSR count). The fourth-order valence-corrected chi connectivity index (χ4v) is 2.11. The van der Waals surface area contributed by atoms with Gasteiger partial charge in [-0.25, -0.2) is 0 Å². The third-order valence-electron chi connectivity index (χ3n) is 3.44. The molecular formula is C12H18N2O2. The van der Waals surface area contributed by atoms with E-state index >= 15 is 0 Å². The van der Waals surface area contributed by atoms with Crippen molar-refractivity contribution >= 4 is 5.78 Å². The van der Waals surface area contributed by atoms with Crippen LogP contribution in [0.4, 0.5) is 0 Å². The van der Waals surface area contributed by atoms with Crippen molar-refractivity contribution in [3.63, 3.8) is 0 Å². The van der Waals surface area contributed by atoms with Crippen molar-refractivity contribution in [2.45, 2.75) is 44.8 Å². The van der Waals surface area contributed by atoms with Crippen LogP contribution in [-0.4, -0.2) is 28.3 Å². The zero-order valence-corrected chi connectivity index (χ0v) is 9.90. The van der Waals surface area contributed by atoms with Crippen molar-refractivity contribution in [2.75, 3.05) is 7.11 Å². The lowest BCUT2D eigenvalue weighted by Gasteiger charge is -2.38. The molecule has 1 aliphatic rings. The van der Waals surface area contributed by atoms with E-state index in [2.05, 4.69) is 5.10 Å². The van der Waals surface area contributed by atoms with Gasteiger partial charge >= 0.3 is 0 Å². The predicted molar refractivity (Wildman–Crippen MR) is 60.2 cm³/mol. The van der Waals surface area contributed by atoms with Gasteiger partial charge in [-0.1, -0.05) is 0 Å². The standard InChI is InChI=1S/C12H18N2O2/c1-3-14-9-10(8-13-14)7-11(15)12(16-2)5-4-6-12/h8-9H,3-7H2,1-2H3. The van der Waals surface area contributed by atoms with Crippen LogP contribution in [0.5, 0.6) is 0 Å². The molecule has 0 aliphatic heterocycles. The van der Waals surface area contributed by atoms with Crippen LogP contribution in [0.25, 0.3) is 0 Å². The molecule has 1 aliphatic carbocycles. The number of carbonyl (C=O) groups is 1. The summed E-state index contributed by atoms with van der Waals surface area (Å²) in [5.74, 6) is 0.192. The summed E-state index contributed by atoms with van der Waals surface area (Å²) in [5, 5.41) is 4.16. The lowest BCUT2D eigenvalue weighted by atomic mass is 9.75. The van der Waals surface area contributed by atoms with Gasteiger partial charge < -0.3 is 4.74 Å². The van der Waals surface area contributed by atoms with Crippen molar-refractivity contribution in [3.8, 4) is 0 Å². The molecule has 88 valence electrons. The Kier molecular flexibility index (Phi) is 3.10. The Balaban J connectivity index is 2.01. The first kappa shape index (κ1) is 11.3. The average Bonchev–Trinajstić information content (AvgIpc) is 2.64. The molecule has 0 spiro atoms. The molecule has 0 bridgehead atoms. The Hall–Kier alpha value is -1.16. The number of carbonyl (C=O) groups excluding carboxylic acids is 1. The Labute approximate surface area is 95.6 Å². The van der Waals surface area contributed by atoms with Gasteiger partial charge in [-0.15, -0.1) is 0 Å². The van der Waals surface area contributed by atoms with Gasteiger partial charge in [0.2, 0.25) is 0 Å². The van der Waals surface area contributed by atoms with Gasteiger partial charge in [0.25, 0.3) is 0 Å². The summed E-state index contributed by atoms with van der Waals surface area (Å²) in [7, 11) is 1.63. The molecule has 4 heteroatoms. The Morgan fingerprint density at radius 3 is 2.81 bits per heavy atom. The number of ether oxygens (including phenoxy) is 1. The quantitative estimate of drug-likeness (QED) is 0.759. The highest BCUT2D eigenvalue weighted by atomic mass is 16.5. The molecular weight excluding hydrogens is 204 g/mol. The minimum Gasteiger partial charge on any atom is -0.370 e. The summed E-state index contributed by atoms with van der Waals surface area (Å²) in [6.07, 6.45) is 6.96. The summed E-state index contributed by atoms with van der Waals surface area (Å²) in [5.41, 5.74) is 0.490. The summed E-state index contributed by atoms with van der Waals surface area (Å²) in [6.45, 7) is 2.87. The Bertz CT molecular complexity index is 375. The lowest BCUT2D eigenvalue weighted by Crippen LogP contribution is -2.47. The number of Topliss-reactive ketones (excluding diaryl/α,β-unsaturated/α-hetero) is 1. The van der Waals surface area contributed by atoms with E-state index in [0.717, 1.165) is 31.4 Å². The molecule has 0 radical (unpaired) electrons. The van der Waals surface area contributed by atoms with Crippen LogP contribution in [0.15, 0.2) is 12.4 Å². The second kappa shape index (κ2) is 4.37. The minimum absolute atomic E-state index is 0.192. The number of ketones is 1. The van der Waals surface area contributed by atoms with Gasteiger partial charge in [0.1, 0.15) is 5.60 Å². The third-order valence-corrected chi connectivity index (χ3v) is 3.44. The molecule has 1 saturated carbocycles. The van der Waals surface area contributed by atoms with E-state index in [9.17, 15) is 4.79 Å². The summed E-state index contributed by atoms with van der Waals surface area (Å²) < 4.78 is 7.20. The number of rotatable bonds is 5. The van der Waals surface area contributed by atoms with Crippen LogP contribution < -0.4 is 0 Å². The van der Waals surface area contributed by atoms with Crippen molar-refractivity contribution in [3.05, 3.63) is 18.0 Å². The first-order valence-electron chi connectivity index (χ1n) is 5.80. The summed E-state index contributed by atoms with van der Waals surface area (Å²) in [4.78, 5) is 12.1. The van der Waals surface area contributed by atoms with Crippen LogP contribution >= 0.6 is 0 Å². The van der Waals surface area contributed by atoms with E-state index in [-0.39, 0.29) is 5.78 Å². The maximum absolute atomic E-state index is 12.1. The van der Waals surface area contributed by atoms with Gasteiger partial charge in [-0.05, 0) is 31.7 Å². The van der Waals surface area contributed by atoms with E-state index in [1.165, 1.54) is 0 Å². The van der Waals surface area contributed by atoms with Crippen LogP contribution in [-0.2, 0) is 22.5 Å². The number of hydrogen-bond donors (Lipinski definition) is 0. The van der Waals surface area contributed by atoms with Gasteiger partial charge in [0, 0.05) is 26.3 Å². The van der Waals surface area contributed by atoms with Gasteiger partial charge in [-0.3, -0.25) is 9.48 Å². The first-order chi connectivity index (χ1) is 7.70. The fraction of sp³-hybridized carbons (Fsp3) is 0.667. The van der Waals surface area contributed by atoms with Crippen LogP contribution in [0, 0.1) is 0 Å². The van der Waals surface area contributed by atoms with E-state index < -0.39 is 5.60 Å². The number of hydrogen-bond acceptors (Lipinski definition) is 3. The number of aryl methyl sites for hydroxylation is 1. The predicted octanol–water partition coefficient (Wildman–Crippen LogP) is 1.58. The van der Waals surface area contributed by atoms with Crippen molar-refractivity contribution < 1.29 is 9.53 Å². The molecule has 0 aromatic carbocycles. The number of aromatic nitrogens is 2. The second-order valence-electron chi connectivity index (χ2n) is 4.36. The number of methoxy groups -OCH3 is 1. The molecule has 4 nitrogen and oxygen atoms in total. The van der Waals surface area contributed by atoms with Crippen molar-refractivity contribution in [2.24, 2.45) is 0 Å². The highest BCUT2D eigenvalue weighted by molar-refractivity contribution is 5.90. The average molecular weight is 222 g/mol. The third kappa shape index (κ3) is 1.89.